The molecule has 18 heteroatoms. The van der Waals surface area contributed by atoms with Gasteiger partial charge < -0.3 is 34.3 Å². The number of thioether (sulfide) groups is 2. The Balaban J connectivity index is 2.50. The van der Waals surface area contributed by atoms with Gasteiger partial charge in [0, 0.05) is 35.9 Å². The number of carbonyl (C=O) groups excluding carboxylic acids is 3. The Morgan fingerprint density at radius 2 is 1.15 bits per heavy atom. The molecule has 14 nitrogen and oxygen atoms in total. The molecule has 0 aromatic heterocycles. The molecule has 196 valence electrons. The number of phosphoric ester groups is 2. The molecule has 1 aliphatic heterocycles. The summed E-state index contributed by atoms with van der Waals surface area (Å²) < 4.78 is 29.9. The molecule has 34 heavy (non-hydrogen) atoms. The molecule has 0 radical (unpaired) electrons. The van der Waals surface area contributed by atoms with Crippen LogP contribution in [0.1, 0.15) is 12.8 Å². The Hall–Kier alpha value is -0.930. The summed E-state index contributed by atoms with van der Waals surface area (Å²) in [7, 11) is -9.05. The van der Waals surface area contributed by atoms with Crippen LogP contribution < -0.4 is 0 Å². The van der Waals surface area contributed by atoms with Gasteiger partial charge in [-0.05, 0) is 6.08 Å². The first kappa shape index (κ1) is 31.1. The third kappa shape index (κ3) is 13.8. The molecular formula is C16H29N3O11P2S2. The van der Waals surface area contributed by atoms with Crippen LogP contribution in [0.4, 0.5) is 0 Å². The zero-order valence-electron chi connectivity index (χ0n) is 18.3. The Bertz CT molecular complexity index is 753. The molecule has 1 rings (SSSR count). The Kier molecular flexibility index (Phi) is 13.9. The lowest BCUT2D eigenvalue weighted by molar-refractivity contribution is -0.156. The molecule has 0 bridgehead atoms. The van der Waals surface area contributed by atoms with E-state index in [9.17, 15) is 23.5 Å². The second-order valence-electron chi connectivity index (χ2n) is 6.75. The molecule has 3 amide bonds. The van der Waals surface area contributed by atoms with Gasteiger partial charge in [-0.2, -0.15) is 23.5 Å². The molecule has 1 fully saturated rings. The highest BCUT2D eigenvalue weighted by atomic mass is 32.2. The Labute approximate surface area is 205 Å². The number of hydrogen-bond donors (Lipinski definition) is 4. The molecule has 0 saturated carbocycles. The van der Waals surface area contributed by atoms with Crippen molar-refractivity contribution in [1.29, 1.82) is 0 Å². The first-order valence-corrected chi connectivity index (χ1v) is 15.2. The first-order chi connectivity index (χ1) is 15.8. The molecular weight excluding hydrogens is 536 g/mol. The van der Waals surface area contributed by atoms with E-state index in [2.05, 4.69) is 15.6 Å². The van der Waals surface area contributed by atoms with E-state index >= 15 is 0 Å². The third-order valence-corrected chi connectivity index (χ3v) is 7.04. The van der Waals surface area contributed by atoms with Crippen LogP contribution in [-0.2, 0) is 32.6 Å². The van der Waals surface area contributed by atoms with E-state index in [4.69, 9.17) is 19.6 Å². The summed E-state index contributed by atoms with van der Waals surface area (Å²) in [5, 5.41) is 0. The van der Waals surface area contributed by atoms with Crippen molar-refractivity contribution in [2.24, 2.45) is 0 Å². The molecule has 0 aromatic rings. The first-order valence-electron chi connectivity index (χ1n) is 9.85. The van der Waals surface area contributed by atoms with E-state index < -0.39 is 21.6 Å². The molecule has 0 spiro atoms. The van der Waals surface area contributed by atoms with Gasteiger partial charge in [-0.1, -0.05) is 6.58 Å². The minimum absolute atomic E-state index is 0.00341. The quantitative estimate of drug-likeness (QED) is 0.118. The normalized spacial score (nSPS) is 14.9. The average molecular weight is 566 g/mol. The number of amides is 3. The largest absolute Gasteiger partial charge is 0.469 e. The van der Waals surface area contributed by atoms with Gasteiger partial charge in [-0.3, -0.25) is 23.4 Å². The summed E-state index contributed by atoms with van der Waals surface area (Å²) in [6.45, 7) is 3.08. The van der Waals surface area contributed by atoms with Gasteiger partial charge in [0.1, 0.15) is 0 Å². The van der Waals surface area contributed by atoms with Gasteiger partial charge >= 0.3 is 15.6 Å². The van der Waals surface area contributed by atoms with Crippen molar-refractivity contribution in [2.75, 3.05) is 56.2 Å². The van der Waals surface area contributed by atoms with Crippen molar-refractivity contribution in [3.05, 3.63) is 12.7 Å². The second kappa shape index (κ2) is 15.2. The van der Waals surface area contributed by atoms with Gasteiger partial charge in [-0.25, -0.2) is 9.13 Å². The SMILES string of the molecule is C=CC(=O)N1CN(C(=O)CCSCCOP(=O)(O)O)CN(C(=O)CCSCCOP(=O)(O)O)C1. The Morgan fingerprint density at radius 1 is 0.765 bits per heavy atom. The van der Waals surface area contributed by atoms with Gasteiger partial charge in [0.05, 0.1) is 33.2 Å². The van der Waals surface area contributed by atoms with E-state index in [0.717, 1.165) is 6.08 Å². The average Bonchev–Trinajstić information content (AvgIpc) is 2.75. The minimum atomic E-state index is -4.52. The third-order valence-electron chi connectivity index (χ3n) is 4.11. The number of phosphoric acid groups is 2. The van der Waals surface area contributed by atoms with Crippen LogP contribution in [0, 0.1) is 0 Å². The van der Waals surface area contributed by atoms with Crippen molar-refractivity contribution >= 4 is 56.9 Å². The van der Waals surface area contributed by atoms with Gasteiger partial charge in [-0.15, -0.1) is 0 Å². The zero-order chi connectivity index (χ0) is 25.8. The van der Waals surface area contributed by atoms with Crippen molar-refractivity contribution in [3.63, 3.8) is 0 Å². The van der Waals surface area contributed by atoms with Gasteiger partial charge in [0.15, 0.2) is 0 Å². The number of hydrogen-bond acceptors (Lipinski definition) is 9. The van der Waals surface area contributed by atoms with Crippen LogP contribution in [0.25, 0.3) is 0 Å². The molecule has 1 heterocycles. The lowest BCUT2D eigenvalue weighted by atomic mass is 10.3. The zero-order valence-corrected chi connectivity index (χ0v) is 21.7. The molecule has 0 aliphatic carbocycles. The molecule has 1 aliphatic rings. The van der Waals surface area contributed by atoms with E-state index in [0.29, 0.717) is 11.5 Å². The summed E-state index contributed by atoms with van der Waals surface area (Å²) in [6.07, 6.45) is 1.27. The summed E-state index contributed by atoms with van der Waals surface area (Å²) in [5.74, 6) is 0.233. The lowest BCUT2D eigenvalue weighted by Crippen LogP contribution is -2.59. The lowest BCUT2D eigenvalue weighted by Gasteiger charge is -2.42. The standard InChI is InChI=1S/C16H29N3O11P2S2/c1-2-14(20)17-11-18(15(21)3-7-33-9-5-29-31(23,24)25)13-19(12-17)16(22)4-8-34-10-6-30-32(26,27)28/h2H,1,3-13H2,(H2,23,24,25)(H2,26,27,28). The maximum atomic E-state index is 12.6. The highest BCUT2D eigenvalue weighted by Crippen LogP contribution is 2.36. The summed E-state index contributed by atoms with van der Waals surface area (Å²) in [5.41, 5.74) is 0. The predicted octanol–water partition coefficient (Wildman–Crippen LogP) is 0.00950. The van der Waals surface area contributed by atoms with Crippen LogP contribution in [0.3, 0.4) is 0 Å². The van der Waals surface area contributed by atoms with E-state index in [1.807, 2.05) is 0 Å². The van der Waals surface area contributed by atoms with Crippen molar-refractivity contribution in [3.8, 4) is 0 Å². The van der Waals surface area contributed by atoms with Crippen molar-refractivity contribution in [2.45, 2.75) is 12.8 Å². The van der Waals surface area contributed by atoms with Gasteiger partial charge in [0.2, 0.25) is 17.7 Å². The highest BCUT2D eigenvalue weighted by molar-refractivity contribution is 7.99. The predicted molar refractivity (Wildman–Crippen MR) is 125 cm³/mol. The van der Waals surface area contributed by atoms with Crippen LogP contribution in [0.2, 0.25) is 0 Å². The van der Waals surface area contributed by atoms with Crippen molar-refractivity contribution < 1.29 is 52.1 Å². The molecule has 1 saturated heterocycles. The summed E-state index contributed by atoms with van der Waals surface area (Å²) >= 11 is 2.54. The topological polar surface area (TPSA) is 194 Å². The maximum absolute atomic E-state index is 12.6. The van der Waals surface area contributed by atoms with E-state index in [-0.39, 0.29) is 69.4 Å². The minimum Gasteiger partial charge on any atom is -0.307 e. The van der Waals surface area contributed by atoms with Crippen LogP contribution in [-0.4, -0.2) is 108 Å². The fraction of sp³-hybridized carbons (Fsp3) is 0.688. The molecule has 0 unspecified atom stereocenters. The van der Waals surface area contributed by atoms with Crippen LogP contribution in [0.5, 0.6) is 0 Å². The van der Waals surface area contributed by atoms with Crippen LogP contribution >= 0.6 is 39.2 Å². The number of rotatable bonds is 15. The maximum Gasteiger partial charge on any atom is 0.469 e. The highest BCUT2D eigenvalue weighted by Gasteiger charge is 2.30. The molecule has 4 N–H and O–H groups in total. The fourth-order valence-electron chi connectivity index (χ4n) is 2.61. The molecule has 0 aromatic carbocycles. The van der Waals surface area contributed by atoms with Crippen molar-refractivity contribution in [1.82, 2.24) is 14.7 Å². The Morgan fingerprint density at radius 3 is 1.50 bits per heavy atom. The van der Waals surface area contributed by atoms with Crippen LogP contribution in [0.15, 0.2) is 12.7 Å². The van der Waals surface area contributed by atoms with Gasteiger partial charge in [0.25, 0.3) is 0 Å². The second-order valence-corrected chi connectivity index (χ2v) is 11.7. The fourth-order valence-corrected chi connectivity index (χ4v) is 4.96. The molecule has 0 atom stereocenters. The number of carbonyl (C=O) groups is 3. The summed E-state index contributed by atoms with van der Waals surface area (Å²) in [4.78, 5) is 75.8. The van der Waals surface area contributed by atoms with E-state index in [1.165, 1.54) is 38.2 Å². The monoisotopic (exact) mass is 565 g/mol. The summed E-state index contributed by atoms with van der Waals surface area (Å²) in [6, 6.07) is 0. The number of nitrogens with zero attached hydrogens (tertiary/aromatic N) is 3. The van der Waals surface area contributed by atoms with E-state index in [1.54, 1.807) is 0 Å². The smallest absolute Gasteiger partial charge is 0.307 e.